The Morgan fingerprint density at radius 1 is 0.829 bits per heavy atom. The molecule has 0 bridgehead atoms. The summed E-state index contributed by atoms with van der Waals surface area (Å²) in [7, 11) is -4.61. The summed E-state index contributed by atoms with van der Waals surface area (Å²) in [6, 6.07) is 7.89. The molecule has 0 aliphatic heterocycles. The van der Waals surface area contributed by atoms with Gasteiger partial charge in [-0.05, 0) is 67.9 Å². The topological polar surface area (TPSA) is 122 Å². The summed E-state index contributed by atoms with van der Waals surface area (Å²) in [5, 5.41) is 7.33. The van der Waals surface area contributed by atoms with Crippen molar-refractivity contribution in [1.29, 1.82) is 0 Å². The fraction of sp³-hybridized carbons (Fsp3) is 0.462. The Bertz CT molecular complexity index is 1420. The van der Waals surface area contributed by atoms with E-state index < -0.39 is 38.4 Å². The lowest BCUT2D eigenvalue weighted by molar-refractivity contribution is -0.143. The number of nitrogens with two attached hydrogens (primary N) is 1. The lowest BCUT2D eigenvalue weighted by Crippen LogP contribution is -2.32. The van der Waals surface area contributed by atoms with Crippen LogP contribution in [0.4, 0.5) is 38.1 Å². The summed E-state index contributed by atoms with van der Waals surface area (Å²) in [6.45, 7) is 1.47. The van der Waals surface area contributed by atoms with Crippen LogP contribution in [-0.2, 0) is 22.4 Å². The Morgan fingerprint density at radius 2 is 1.41 bits per heavy atom. The molecule has 3 aromatic rings. The largest absolute Gasteiger partial charge is 0.416 e. The molecule has 15 heteroatoms. The number of hydrogen-bond acceptors (Lipinski definition) is 7. The van der Waals surface area contributed by atoms with Gasteiger partial charge in [-0.2, -0.15) is 31.3 Å². The number of alkyl halides is 6. The molecule has 0 radical (unpaired) electrons. The molecule has 0 amide bonds. The van der Waals surface area contributed by atoms with Gasteiger partial charge in [0.1, 0.15) is 5.82 Å². The zero-order chi connectivity index (χ0) is 29.8. The maximum Gasteiger partial charge on any atom is 0.416 e. The van der Waals surface area contributed by atoms with Crippen molar-refractivity contribution in [3.05, 3.63) is 53.6 Å². The molecule has 8 nitrogen and oxygen atoms in total. The van der Waals surface area contributed by atoms with E-state index in [9.17, 15) is 34.8 Å². The van der Waals surface area contributed by atoms with Crippen molar-refractivity contribution >= 4 is 32.7 Å². The van der Waals surface area contributed by atoms with Crippen LogP contribution in [-0.4, -0.2) is 44.6 Å². The molecule has 1 aromatic heterocycles. The average Bonchev–Trinajstić information content (AvgIpc) is 2.93. The predicted molar refractivity (Wildman–Crippen MR) is 143 cm³/mol. The van der Waals surface area contributed by atoms with Gasteiger partial charge in [-0.3, -0.25) is 0 Å². The van der Waals surface area contributed by atoms with Crippen LogP contribution in [0.25, 0.3) is 10.9 Å². The number of para-hydroxylation sites is 1. The highest BCUT2D eigenvalue weighted by atomic mass is 32.2. The fourth-order valence-corrected chi connectivity index (χ4v) is 5.93. The number of nitrogens with zero attached hydrogens (tertiary/aromatic N) is 2. The standard InChI is InChI=1S/C26H30F6N6O2S/c27-25(28,29)18-11-19(26(30,31)32)13-20(12-18)41(39,40)36-15-17-7-5-16(6-8-17)14-35-24-37-22-4-2-1-3-21(22)23(38-24)34-10-9-33/h1-4,11-13,16-17,36H,5-10,14-15,33H2,(H2,34,35,37,38). The number of rotatable bonds is 10. The monoisotopic (exact) mass is 604 g/mol. The molecule has 0 atom stereocenters. The molecule has 1 fully saturated rings. The maximum absolute atomic E-state index is 13.1. The van der Waals surface area contributed by atoms with Gasteiger partial charge in [-0.1, -0.05) is 12.1 Å². The molecule has 1 heterocycles. The molecule has 0 unspecified atom stereocenters. The van der Waals surface area contributed by atoms with Gasteiger partial charge in [-0.15, -0.1) is 0 Å². The Kier molecular flexibility index (Phi) is 9.29. The quantitative estimate of drug-likeness (QED) is 0.234. The summed E-state index contributed by atoms with van der Waals surface area (Å²) in [5.74, 6) is 1.26. The number of hydrogen-bond donors (Lipinski definition) is 4. The molecule has 2 aromatic carbocycles. The van der Waals surface area contributed by atoms with Gasteiger partial charge in [0.15, 0.2) is 0 Å². The second kappa shape index (κ2) is 12.4. The highest BCUT2D eigenvalue weighted by molar-refractivity contribution is 7.89. The van der Waals surface area contributed by atoms with Crippen molar-refractivity contribution in [2.24, 2.45) is 17.6 Å². The Hall–Kier alpha value is -3.17. The van der Waals surface area contributed by atoms with E-state index >= 15 is 0 Å². The van der Waals surface area contributed by atoms with Crippen LogP contribution in [0.15, 0.2) is 47.4 Å². The summed E-state index contributed by atoms with van der Waals surface area (Å²) < 4.78 is 106. The molecule has 1 aliphatic rings. The number of sulfonamides is 1. The minimum atomic E-state index is -5.14. The van der Waals surface area contributed by atoms with Gasteiger partial charge < -0.3 is 16.4 Å². The summed E-state index contributed by atoms with van der Waals surface area (Å²) >= 11 is 0. The van der Waals surface area contributed by atoms with Crippen LogP contribution < -0.4 is 21.1 Å². The van der Waals surface area contributed by atoms with Crippen molar-refractivity contribution in [1.82, 2.24) is 14.7 Å². The van der Waals surface area contributed by atoms with Crippen LogP contribution in [0.3, 0.4) is 0 Å². The van der Waals surface area contributed by atoms with Gasteiger partial charge in [0.05, 0.1) is 21.5 Å². The van der Waals surface area contributed by atoms with E-state index in [0.29, 0.717) is 44.2 Å². The van der Waals surface area contributed by atoms with Crippen molar-refractivity contribution in [3.63, 3.8) is 0 Å². The lowest BCUT2D eigenvalue weighted by Gasteiger charge is -2.28. The zero-order valence-electron chi connectivity index (χ0n) is 21.8. The maximum atomic E-state index is 13.1. The third-order valence-corrected chi connectivity index (χ3v) is 8.39. The molecular weight excluding hydrogens is 574 g/mol. The minimum Gasteiger partial charge on any atom is -0.368 e. The lowest BCUT2D eigenvalue weighted by atomic mass is 9.82. The normalized spacial score (nSPS) is 18.4. The van der Waals surface area contributed by atoms with Gasteiger partial charge in [-0.25, -0.2) is 18.1 Å². The first-order valence-electron chi connectivity index (χ1n) is 13.0. The molecule has 1 saturated carbocycles. The third-order valence-electron chi connectivity index (χ3n) is 6.99. The molecule has 41 heavy (non-hydrogen) atoms. The van der Waals surface area contributed by atoms with E-state index in [1.54, 1.807) is 0 Å². The van der Waals surface area contributed by atoms with Gasteiger partial charge in [0, 0.05) is 31.6 Å². The van der Waals surface area contributed by atoms with Crippen molar-refractivity contribution < 1.29 is 34.8 Å². The second-order valence-electron chi connectivity index (χ2n) is 9.99. The predicted octanol–water partition coefficient (Wildman–Crippen LogP) is 5.23. The van der Waals surface area contributed by atoms with Crippen LogP contribution in [0.5, 0.6) is 0 Å². The average molecular weight is 605 g/mol. The Labute approximate surface area is 233 Å². The number of halogens is 6. The molecule has 5 N–H and O–H groups in total. The first kappa shape index (κ1) is 30.8. The van der Waals surface area contributed by atoms with E-state index in [0.717, 1.165) is 23.7 Å². The van der Waals surface area contributed by atoms with Crippen molar-refractivity contribution in [2.45, 2.75) is 42.9 Å². The summed E-state index contributed by atoms with van der Waals surface area (Å²) in [5.41, 5.74) is 3.01. The van der Waals surface area contributed by atoms with Crippen LogP contribution in [0.1, 0.15) is 36.8 Å². The van der Waals surface area contributed by atoms with Gasteiger partial charge in [0.25, 0.3) is 0 Å². The smallest absolute Gasteiger partial charge is 0.368 e. The minimum absolute atomic E-state index is 0.0932. The zero-order valence-corrected chi connectivity index (χ0v) is 22.6. The number of benzene rings is 2. The second-order valence-corrected chi connectivity index (χ2v) is 11.8. The SMILES string of the molecule is NCCNc1nc(NCC2CCC(CNS(=O)(=O)c3cc(C(F)(F)F)cc(C(F)(F)F)c3)CC2)nc2ccccc12. The van der Waals surface area contributed by atoms with Gasteiger partial charge >= 0.3 is 12.4 Å². The van der Waals surface area contributed by atoms with Crippen LogP contribution >= 0.6 is 0 Å². The molecule has 224 valence electrons. The number of fused-ring (bicyclic) bond motifs is 1. The number of aromatic nitrogens is 2. The van der Waals surface area contributed by atoms with Crippen molar-refractivity contribution in [2.75, 3.05) is 36.8 Å². The molecule has 0 saturated heterocycles. The molecular formula is C26H30F6N6O2S. The highest BCUT2D eigenvalue weighted by Crippen LogP contribution is 2.37. The van der Waals surface area contributed by atoms with Gasteiger partial charge in [0.2, 0.25) is 16.0 Å². The first-order chi connectivity index (χ1) is 19.3. The molecule has 1 aliphatic carbocycles. The van der Waals surface area contributed by atoms with E-state index in [1.807, 2.05) is 24.3 Å². The summed E-state index contributed by atoms with van der Waals surface area (Å²) in [6.07, 6.45) is -7.53. The van der Waals surface area contributed by atoms with Crippen LogP contribution in [0, 0.1) is 11.8 Å². The first-order valence-corrected chi connectivity index (χ1v) is 14.5. The third kappa shape index (κ3) is 7.98. The van der Waals surface area contributed by atoms with E-state index in [2.05, 4.69) is 25.3 Å². The van der Waals surface area contributed by atoms with Crippen LogP contribution in [0.2, 0.25) is 0 Å². The Balaban J connectivity index is 1.33. The van der Waals surface area contributed by atoms with E-state index in [1.165, 1.54) is 0 Å². The number of nitrogens with one attached hydrogen (secondary N) is 3. The van der Waals surface area contributed by atoms with Crippen molar-refractivity contribution in [3.8, 4) is 0 Å². The molecule has 0 spiro atoms. The summed E-state index contributed by atoms with van der Waals surface area (Å²) in [4.78, 5) is 8.04. The highest BCUT2D eigenvalue weighted by Gasteiger charge is 2.38. The molecule has 4 rings (SSSR count). The van der Waals surface area contributed by atoms with E-state index in [-0.39, 0.29) is 36.6 Å². The van der Waals surface area contributed by atoms with E-state index in [4.69, 9.17) is 5.73 Å². The Morgan fingerprint density at radius 3 is 2.00 bits per heavy atom. The number of anilines is 2. The fourth-order valence-electron chi connectivity index (χ4n) is 4.75.